The quantitative estimate of drug-likeness (QED) is 0.774. The molecule has 1 heterocycles. The van der Waals surface area contributed by atoms with Gasteiger partial charge in [-0.25, -0.2) is 8.42 Å². The van der Waals surface area contributed by atoms with Crippen molar-refractivity contribution < 1.29 is 13.2 Å². The summed E-state index contributed by atoms with van der Waals surface area (Å²) in [5, 5.41) is 3.36. The number of amides is 1. The Labute approximate surface area is 171 Å². The van der Waals surface area contributed by atoms with Gasteiger partial charge in [-0.05, 0) is 69.0 Å². The summed E-state index contributed by atoms with van der Waals surface area (Å²) in [5.41, 5.74) is 2.53. The fourth-order valence-corrected chi connectivity index (χ4v) is 5.39. The van der Waals surface area contributed by atoms with Crippen LogP contribution in [0.4, 0.5) is 5.69 Å². The zero-order valence-corrected chi connectivity index (χ0v) is 17.9. The van der Waals surface area contributed by atoms with Crippen LogP contribution in [-0.2, 0) is 10.0 Å². The number of nitrogens with one attached hydrogen (secondary N) is 1. The van der Waals surface area contributed by atoms with Crippen LogP contribution in [0.5, 0.6) is 0 Å². The second-order valence-electron chi connectivity index (χ2n) is 7.35. The molecule has 1 saturated heterocycles. The van der Waals surface area contributed by atoms with Gasteiger partial charge in [-0.1, -0.05) is 30.2 Å². The van der Waals surface area contributed by atoms with Crippen molar-refractivity contribution in [3.05, 3.63) is 58.1 Å². The van der Waals surface area contributed by atoms with Crippen molar-refractivity contribution in [1.82, 2.24) is 4.31 Å². The molecule has 0 saturated carbocycles. The number of hydrogen-bond acceptors (Lipinski definition) is 3. The summed E-state index contributed by atoms with van der Waals surface area (Å²) in [5.74, 6) is -0.355. The van der Waals surface area contributed by atoms with E-state index in [9.17, 15) is 13.2 Å². The van der Waals surface area contributed by atoms with Gasteiger partial charge in [-0.2, -0.15) is 4.31 Å². The molecule has 0 bridgehead atoms. The van der Waals surface area contributed by atoms with E-state index in [0.29, 0.717) is 28.4 Å². The largest absolute Gasteiger partial charge is 0.322 e. The summed E-state index contributed by atoms with van der Waals surface area (Å²) in [4.78, 5) is 13.0. The summed E-state index contributed by atoms with van der Waals surface area (Å²) >= 11 is 6.03. The maximum absolute atomic E-state index is 13.1. The zero-order valence-electron chi connectivity index (χ0n) is 16.3. The highest BCUT2D eigenvalue weighted by molar-refractivity contribution is 7.89. The van der Waals surface area contributed by atoms with Gasteiger partial charge in [0.2, 0.25) is 10.0 Å². The number of carbonyl (C=O) groups is 1. The molecule has 0 spiro atoms. The van der Waals surface area contributed by atoms with Gasteiger partial charge in [0, 0.05) is 28.9 Å². The molecule has 5 nitrogen and oxygen atoms in total. The Bertz CT molecular complexity index is 1000. The molecular formula is C21H25ClN2O3S. The molecule has 1 amide bonds. The van der Waals surface area contributed by atoms with E-state index in [-0.39, 0.29) is 16.8 Å². The number of aryl methyl sites for hydroxylation is 2. The number of piperidine rings is 1. The summed E-state index contributed by atoms with van der Waals surface area (Å²) < 4.78 is 27.8. The minimum Gasteiger partial charge on any atom is -0.322 e. The van der Waals surface area contributed by atoms with Crippen LogP contribution >= 0.6 is 11.6 Å². The Balaban J connectivity index is 1.93. The lowest BCUT2D eigenvalue weighted by molar-refractivity contribution is 0.102. The molecule has 150 valence electrons. The zero-order chi connectivity index (χ0) is 20.5. The van der Waals surface area contributed by atoms with Crippen molar-refractivity contribution in [2.75, 3.05) is 11.9 Å². The van der Waals surface area contributed by atoms with Gasteiger partial charge in [0.25, 0.3) is 5.91 Å². The summed E-state index contributed by atoms with van der Waals surface area (Å²) in [6.07, 6.45) is 2.75. The standard InChI is InChI=1S/C21H25ClN2O3S/c1-14-8-10-18(28(26,27)24-11-5-4-6-16(24)3)13-19(14)21(25)23-20-12-17(22)9-7-15(20)2/h7-10,12-13,16H,4-6,11H2,1-3H3,(H,23,25). The lowest BCUT2D eigenvalue weighted by Gasteiger charge is -2.32. The number of carbonyl (C=O) groups excluding carboxylic acids is 1. The van der Waals surface area contributed by atoms with E-state index >= 15 is 0 Å². The molecule has 3 rings (SSSR count). The molecule has 0 aromatic heterocycles. The Hall–Kier alpha value is -1.89. The van der Waals surface area contributed by atoms with E-state index in [1.165, 1.54) is 6.07 Å². The number of nitrogens with zero attached hydrogens (tertiary/aromatic N) is 1. The first-order valence-electron chi connectivity index (χ1n) is 9.40. The minimum absolute atomic E-state index is 0.0357. The molecule has 2 aromatic rings. The van der Waals surface area contributed by atoms with E-state index in [4.69, 9.17) is 11.6 Å². The number of halogens is 1. The predicted octanol–water partition coefficient (Wildman–Crippen LogP) is 4.77. The van der Waals surface area contributed by atoms with Gasteiger partial charge >= 0.3 is 0 Å². The summed E-state index contributed by atoms with van der Waals surface area (Å²) in [7, 11) is -3.64. The van der Waals surface area contributed by atoms with Crippen LogP contribution in [-0.4, -0.2) is 31.2 Å². The van der Waals surface area contributed by atoms with E-state index in [1.807, 2.05) is 19.9 Å². The van der Waals surface area contributed by atoms with Crippen molar-refractivity contribution in [3.63, 3.8) is 0 Å². The van der Waals surface area contributed by atoms with Gasteiger partial charge in [-0.3, -0.25) is 4.79 Å². The van der Waals surface area contributed by atoms with Gasteiger partial charge in [0.1, 0.15) is 0 Å². The summed E-state index contributed by atoms with van der Waals surface area (Å²) in [6, 6.07) is 9.95. The van der Waals surface area contributed by atoms with Gasteiger partial charge in [0.15, 0.2) is 0 Å². The van der Waals surface area contributed by atoms with Crippen LogP contribution in [0.25, 0.3) is 0 Å². The second-order valence-corrected chi connectivity index (χ2v) is 9.68. The van der Waals surface area contributed by atoms with E-state index in [1.54, 1.807) is 35.5 Å². The van der Waals surface area contributed by atoms with E-state index < -0.39 is 10.0 Å². The maximum Gasteiger partial charge on any atom is 0.255 e. The second kappa shape index (κ2) is 8.23. The number of benzene rings is 2. The number of rotatable bonds is 4. The minimum atomic E-state index is -3.64. The Morgan fingerprint density at radius 2 is 1.82 bits per heavy atom. The molecule has 1 aliphatic rings. The van der Waals surface area contributed by atoms with Crippen molar-refractivity contribution in [1.29, 1.82) is 0 Å². The Morgan fingerprint density at radius 3 is 2.54 bits per heavy atom. The van der Waals surface area contributed by atoms with Crippen molar-refractivity contribution in [2.24, 2.45) is 0 Å². The van der Waals surface area contributed by atoms with Crippen LogP contribution in [0.2, 0.25) is 5.02 Å². The maximum atomic E-state index is 13.1. The lowest BCUT2D eigenvalue weighted by atomic mass is 10.1. The van der Waals surface area contributed by atoms with Crippen molar-refractivity contribution in [2.45, 2.75) is 51.0 Å². The Morgan fingerprint density at radius 1 is 1.11 bits per heavy atom. The monoisotopic (exact) mass is 420 g/mol. The first-order valence-corrected chi connectivity index (χ1v) is 11.2. The molecule has 7 heteroatoms. The molecule has 1 aliphatic heterocycles. The fraction of sp³-hybridized carbons (Fsp3) is 0.381. The lowest BCUT2D eigenvalue weighted by Crippen LogP contribution is -2.42. The predicted molar refractivity (Wildman–Crippen MR) is 113 cm³/mol. The first kappa shape index (κ1) is 20.8. The van der Waals surface area contributed by atoms with Crippen LogP contribution in [0.3, 0.4) is 0 Å². The normalized spacial score (nSPS) is 18.1. The van der Waals surface area contributed by atoms with Crippen LogP contribution in [0.15, 0.2) is 41.3 Å². The highest BCUT2D eigenvalue weighted by Gasteiger charge is 2.31. The van der Waals surface area contributed by atoms with Gasteiger partial charge in [-0.15, -0.1) is 0 Å². The molecule has 1 unspecified atom stereocenters. The third kappa shape index (κ3) is 4.24. The molecule has 0 radical (unpaired) electrons. The van der Waals surface area contributed by atoms with Crippen molar-refractivity contribution in [3.8, 4) is 0 Å². The fourth-order valence-electron chi connectivity index (χ4n) is 3.49. The smallest absolute Gasteiger partial charge is 0.255 e. The third-order valence-electron chi connectivity index (χ3n) is 5.25. The number of hydrogen-bond donors (Lipinski definition) is 1. The van der Waals surface area contributed by atoms with Crippen LogP contribution < -0.4 is 5.32 Å². The van der Waals surface area contributed by atoms with Crippen LogP contribution in [0.1, 0.15) is 47.7 Å². The molecule has 28 heavy (non-hydrogen) atoms. The van der Waals surface area contributed by atoms with Crippen LogP contribution in [0, 0.1) is 13.8 Å². The van der Waals surface area contributed by atoms with E-state index in [2.05, 4.69) is 5.32 Å². The first-order chi connectivity index (χ1) is 13.2. The number of anilines is 1. The highest BCUT2D eigenvalue weighted by Crippen LogP contribution is 2.27. The molecule has 0 aliphatic carbocycles. The van der Waals surface area contributed by atoms with Gasteiger partial charge in [0.05, 0.1) is 4.90 Å². The van der Waals surface area contributed by atoms with Crippen molar-refractivity contribution >= 4 is 33.2 Å². The average Bonchev–Trinajstić information content (AvgIpc) is 2.65. The highest BCUT2D eigenvalue weighted by atomic mass is 35.5. The average molecular weight is 421 g/mol. The topological polar surface area (TPSA) is 66.5 Å². The molecule has 1 N–H and O–H groups in total. The Kier molecular flexibility index (Phi) is 6.12. The third-order valence-corrected chi connectivity index (χ3v) is 7.49. The summed E-state index contributed by atoms with van der Waals surface area (Å²) in [6.45, 7) is 6.11. The SMILES string of the molecule is Cc1ccc(Cl)cc1NC(=O)c1cc(S(=O)(=O)N2CCCCC2C)ccc1C. The van der Waals surface area contributed by atoms with E-state index in [0.717, 1.165) is 24.8 Å². The van der Waals surface area contributed by atoms with Gasteiger partial charge < -0.3 is 5.32 Å². The number of sulfonamides is 1. The molecule has 2 aromatic carbocycles. The molecular weight excluding hydrogens is 396 g/mol. The molecule has 1 fully saturated rings. The molecule has 1 atom stereocenters.